The van der Waals surface area contributed by atoms with E-state index in [1.54, 1.807) is 24.5 Å². The van der Waals surface area contributed by atoms with Crippen LogP contribution in [0.2, 0.25) is 0 Å². The number of nitrogens with zero attached hydrogens (tertiary/aromatic N) is 2. The van der Waals surface area contributed by atoms with E-state index < -0.39 is 11.0 Å². The zero-order valence-electron chi connectivity index (χ0n) is 15.6. The Kier molecular flexibility index (Phi) is 4.16. The van der Waals surface area contributed by atoms with Gasteiger partial charge in [0.05, 0.1) is 22.6 Å². The number of nitrogens with one attached hydrogen (secondary N) is 2. The minimum atomic E-state index is -0.713. The van der Waals surface area contributed by atoms with Crippen molar-refractivity contribution in [3.8, 4) is 17.2 Å². The third kappa shape index (κ3) is 2.51. The van der Waals surface area contributed by atoms with Crippen molar-refractivity contribution in [3.05, 3.63) is 45.6 Å². The first kappa shape index (κ1) is 18.2. The maximum atomic E-state index is 12.8. The summed E-state index contributed by atoms with van der Waals surface area (Å²) >= 11 is 1.62. The van der Waals surface area contributed by atoms with E-state index in [1.165, 1.54) is 4.90 Å². The van der Waals surface area contributed by atoms with Gasteiger partial charge in [0, 0.05) is 16.8 Å². The van der Waals surface area contributed by atoms with Crippen molar-refractivity contribution in [1.82, 2.24) is 10.2 Å². The topological polar surface area (TPSA) is 80.0 Å². The van der Waals surface area contributed by atoms with Crippen LogP contribution in [0, 0.1) is 29.1 Å². The van der Waals surface area contributed by atoms with E-state index in [2.05, 4.69) is 17.5 Å². The van der Waals surface area contributed by atoms with Crippen molar-refractivity contribution in [2.24, 2.45) is 5.41 Å². The van der Waals surface area contributed by atoms with Crippen molar-refractivity contribution < 1.29 is 4.79 Å². The fourth-order valence-electron chi connectivity index (χ4n) is 3.35. The number of hydrogen-bond donors (Lipinski definition) is 2. The van der Waals surface area contributed by atoms with Crippen LogP contribution in [-0.2, 0) is 10.3 Å². The molecule has 1 aromatic carbocycles. The number of amides is 1. The van der Waals surface area contributed by atoms with Crippen LogP contribution in [0.25, 0.3) is 11.1 Å². The van der Waals surface area contributed by atoms with Crippen LogP contribution in [0.1, 0.15) is 36.1 Å². The van der Waals surface area contributed by atoms with Gasteiger partial charge in [0.1, 0.15) is 0 Å². The molecule has 3 rings (SSSR count). The maximum absolute atomic E-state index is 12.8. The molecule has 134 valence electrons. The Bertz CT molecular complexity index is 953. The number of thiophene rings is 1. The van der Waals surface area contributed by atoms with Gasteiger partial charge in [-0.1, -0.05) is 12.1 Å². The average Bonchev–Trinajstić information content (AvgIpc) is 3.01. The molecule has 6 heteroatoms. The predicted molar refractivity (Wildman–Crippen MR) is 104 cm³/mol. The van der Waals surface area contributed by atoms with Crippen LogP contribution in [-0.4, -0.2) is 23.8 Å². The van der Waals surface area contributed by atoms with Gasteiger partial charge in [0.2, 0.25) is 5.91 Å². The summed E-state index contributed by atoms with van der Waals surface area (Å²) in [4.78, 5) is 16.3. The molecule has 0 saturated carbocycles. The zero-order chi connectivity index (χ0) is 19.3. The Morgan fingerprint density at radius 3 is 2.62 bits per heavy atom. The third-order valence-electron chi connectivity index (χ3n) is 5.51. The van der Waals surface area contributed by atoms with Crippen LogP contribution in [0.5, 0.6) is 0 Å². The Balaban J connectivity index is 2.12. The van der Waals surface area contributed by atoms with Crippen LogP contribution in [0.3, 0.4) is 0 Å². The van der Waals surface area contributed by atoms with Gasteiger partial charge in [-0.2, -0.15) is 5.26 Å². The lowest BCUT2D eigenvalue weighted by molar-refractivity contribution is -0.142. The lowest BCUT2D eigenvalue weighted by Gasteiger charge is -2.50. The van der Waals surface area contributed by atoms with E-state index in [-0.39, 0.29) is 11.9 Å². The number of carbonyl (C=O) groups excluding carboxylic acids is 1. The molecular formula is C20H22N4OS. The summed E-state index contributed by atoms with van der Waals surface area (Å²) in [6.45, 7) is 7.85. The second-order valence-electron chi connectivity index (χ2n) is 7.36. The summed E-state index contributed by atoms with van der Waals surface area (Å²) in [6.07, 6.45) is 0. The van der Waals surface area contributed by atoms with E-state index >= 15 is 0 Å². The summed E-state index contributed by atoms with van der Waals surface area (Å²) < 4.78 is 0. The van der Waals surface area contributed by atoms with Gasteiger partial charge in [-0.3, -0.25) is 15.1 Å². The number of aryl methyl sites for hydroxylation is 1. The molecule has 1 aromatic heterocycles. The van der Waals surface area contributed by atoms with Crippen molar-refractivity contribution >= 4 is 23.2 Å². The number of rotatable bonds is 2. The molecule has 0 unspecified atom stereocenters. The molecule has 1 fully saturated rings. The molecule has 1 atom stereocenters. The number of benzene rings is 1. The first-order valence-corrected chi connectivity index (χ1v) is 9.20. The smallest absolute Gasteiger partial charge is 0.237 e. The SMILES string of the molecule is Cc1sc([C@@]2(C)NC(=N)N(C)C(=O)C2(C)C)cc1-c1cccc(C#N)c1. The van der Waals surface area contributed by atoms with Crippen molar-refractivity contribution in [1.29, 1.82) is 10.7 Å². The Labute approximate surface area is 157 Å². The van der Waals surface area contributed by atoms with E-state index in [9.17, 15) is 4.79 Å². The monoisotopic (exact) mass is 366 g/mol. The predicted octanol–water partition coefficient (Wildman–Crippen LogP) is 3.83. The van der Waals surface area contributed by atoms with Crippen molar-refractivity contribution in [2.45, 2.75) is 33.2 Å². The fourth-order valence-corrected chi connectivity index (χ4v) is 4.66. The molecule has 1 aliphatic rings. The minimum Gasteiger partial charge on any atom is -0.345 e. The molecule has 2 N–H and O–H groups in total. The first-order valence-electron chi connectivity index (χ1n) is 8.38. The molecule has 5 nitrogen and oxygen atoms in total. The van der Waals surface area contributed by atoms with Crippen LogP contribution in [0.4, 0.5) is 0 Å². The third-order valence-corrected chi connectivity index (χ3v) is 6.78. The van der Waals surface area contributed by atoms with Crippen molar-refractivity contribution in [3.63, 3.8) is 0 Å². The molecule has 1 amide bonds. The highest BCUT2D eigenvalue weighted by molar-refractivity contribution is 7.12. The molecule has 1 saturated heterocycles. The summed E-state index contributed by atoms with van der Waals surface area (Å²) in [7, 11) is 1.62. The van der Waals surface area contributed by atoms with Gasteiger partial charge < -0.3 is 5.32 Å². The Morgan fingerprint density at radius 1 is 1.27 bits per heavy atom. The maximum Gasteiger partial charge on any atom is 0.237 e. The number of guanidine groups is 1. The van der Waals surface area contributed by atoms with Gasteiger partial charge in [0.15, 0.2) is 5.96 Å². The summed E-state index contributed by atoms with van der Waals surface area (Å²) in [6, 6.07) is 11.8. The molecule has 2 heterocycles. The van der Waals surface area contributed by atoms with Crippen LogP contribution >= 0.6 is 11.3 Å². The largest absolute Gasteiger partial charge is 0.345 e. The molecule has 1 aliphatic heterocycles. The number of hydrogen-bond acceptors (Lipinski definition) is 4. The van der Waals surface area contributed by atoms with Crippen LogP contribution < -0.4 is 5.32 Å². The highest BCUT2D eigenvalue weighted by Crippen LogP contribution is 2.47. The quantitative estimate of drug-likeness (QED) is 0.847. The van der Waals surface area contributed by atoms with E-state index in [1.807, 2.05) is 45.9 Å². The Hall–Kier alpha value is -2.65. The van der Waals surface area contributed by atoms with E-state index in [0.717, 1.165) is 20.9 Å². The van der Waals surface area contributed by atoms with Crippen LogP contribution in [0.15, 0.2) is 30.3 Å². The lowest BCUT2D eigenvalue weighted by Crippen LogP contribution is -2.67. The fraction of sp³-hybridized carbons (Fsp3) is 0.350. The minimum absolute atomic E-state index is 0.0807. The highest BCUT2D eigenvalue weighted by atomic mass is 32.1. The second-order valence-corrected chi connectivity index (χ2v) is 8.62. The molecule has 0 spiro atoms. The van der Waals surface area contributed by atoms with Gasteiger partial charge in [-0.05, 0) is 57.0 Å². The van der Waals surface area contributed by atoms with Gasteiger partial charge >= 0.3 is 0 Å². The molecule has 0 radical (unpaired) electrons. The molecule has 2 aromatic rings. The second kappa shape index (κ2) is 5.96. The molecule has 26 heavy (non-hydrogen) atoms. The van der Waals surface area contributed by atoms with Gasteiger partial charge in [-0.25, -0.2) is 0 Å². The molecule has 0 aliphatic carbocycles. The average molecular weight is 366 g/mol. The summed E-state index contributed by atoms with van der Waals surface area (Å²) in [5.41, 5.74) is 1.26. The normalized spacial score (nSPS) is 22.1. The lowest BCUT2D eigenvalue weighted by atomic mass is 9.70. The Morgan fingerprint density at radius 2 is 1.96 bits per heavy atom. The highest BCUT2D eigenvalue weighted by Gasteiger charge is 2.54. The van der Waals surface area contributed by atoms with Gasteiger partial charge in [-0.15, -0.1) is 11.3 Å². The van der Waals surface area contributed by atoms with E-state index in [0.29, 0.717) is 5.56 Å². The molecule has 0 bridgehead atoms. The zero-order valence-corrected chi connectivity index (χ0v) is 16.4. The number of carbonyl (C=O) groups is 1. The van der Waals surface area contributed by atoms with Gasteiger partial charge in [0.25, 0.3) is 0 Å². The van der Waals surface area contributed by atoms with E-state index in [4.69, 9.17) is 10.7 Å². The standard InChI is InChI=1S/C20H22N4OS/c1-12-15(14-8-6-7-13(9-14)11-21)10-16(26-12)20(4)19(2,3)17(25)24(5)18(22)23-20/h6-10H,1-5H3,(H2,22,23)/t20-/m1/s1. The molecular weight excluding hydrogens is 344 g/mol. The summed E-state index contributed by atoms with van der Waals surface area (Å²) in [5.74, 6) is 0.0266. The van der Waals surface area contributed by atoms with Crippen molar-refractivity contribution in [2.75, 3.05) is 7.05 Å². The first-order chi connectivity index (χ1) is 12.1. The number of nitriles is 1. The summed E-state index contributed by atoms with van der Waals surface area (Å²) in [5, 5.41) is 20.5.